The highest BCUT2D eigenvalue weighted by atomic mass is 79.9. The molecular formula is C21H22BrFN2O3. The second-order valence-electron chi connectivity index (χ2n) is 6.58. The molecule has 3 rings (SSSR count). The third kappa shape index (κ3) is 4.90. The molecule has 0 radical (unpaired) electrons. The first-order chi connectivity index (χ1) is 13.5. The van der Waals surface area contributed by atoms with Gasteiger partial charge in [0.05, 0.1) is 0 Å². The Kier molecular flexibility index (Phi) is 6.67. The number of hydrogen-bond donors (Lipinski definition) is 0. The number of amides is 2. The van der Waals surface area contributed by atoms with Crippen LogP contribution in [0.15, 0.2) is 46.9 Å². The molecule has 0 saturated carbocycles. The lowest BCUT2D eigenvalue weighted by Gasteiger charge is -2.22. The van der Waals surface area contributed by atoms with Crippen LogP contribution in [0.2, 0.25) is 0 Å². The number of nitrogens with zero attached hydrogens (tertiary/aromatic N) is 2. The number of carbonyl (C=O) groups is 2. The van der Waals surface area contributed by atoms with E-state index in [1.54, 1.807) is 40.1 Å². The van der Waals surface area contributed by atoms with E-state index in [0.717, 1.165) is 16.6 Å². The molecular weight excluding hydrogens is 427 g/mol. The summed E-state index contributed by atoms with van der Waals surface area (Å²) in [6, 6.07) is 11.8. The number of ether oxygens (including phenoxy) is 1. The van der Waals surface area contributed by atoms with Gasteiger partial charge in [-0.15, -0.1) is 0 Å². The molecule has 1 aliphatic heterocycles. The third-order valence-electron chi connectivity index (χ3n) is 4.67. The molecule has 148 valence electrons. The van der Waals surface area contributed by atoms with Crippen molar-refractivity contribution in [2.24, 2.45) is 0 Å². The molecule has 1 fully saturated rings. The van der Waals surface area contributed by atoms with Gasteiger partial charge in [-0.3, -0.25) is 9.59 Å². The van der Waals surface area contributed by atoms with Gasteiger partial charge in [0.1, 0.15) is 11.6 Å². The summed E-state index contributed by atoms with van der Waals surface area (Å²) in [4.78, 5) is 27.7. The molecule has 1 saturated heterocycles. The zero-order chi connectivity index (χ0) is 20.1. The molecule has 0 aliphatic carbocycles. The number of benzene rings is 2. The molecule has 2 amide bonds. The predicted molar refractivity (Wildman–Crippen MR) is 109 cm³/mol. The Morgan fingerprint density at radius 2 is 2.11 bits per heavy atom. The summed E-state index contributed by atoms with van der Waals surface area (Å²) in [5, 5.41) is 0. The van der Waals surface area contributed by atoms with Crippen LogP contribution < -0.4 is 9.64 Å². The fraction of sp³-hybridized carbons (Fsp3) is 0.333. The zero-order valence-electron chi connectivity index (χ0n) is 15.7. The summed E-state index contributed by atoms with van der Waals surface area (Å²) < 4.78 is 20.4. The summed E-state index contributed by atoms with van der Waals surface area (Å²) in [5.74, 6) is 0.0412. The number of halogens is 2. The van der Waals surface area contributed by atoms with Gasteiger partial charge in [-0.25, -0.2) is 4.39 Å². The molecule has 0 unspecified atom stereocenters. The van der Waals surface area contributed by atoms with Crippen LogP contribution in [0.1, 0.15) is 25.3 Å². The van der Waals surface area contributed by atoms with E-state index in [0.29, 0.717) is 30.8 Å². The Labute approximate surface area is 172 Å². The molecule has 0 atom stereocenters. The van der Waals surface area contributed by atoms with Crippen molar-refractivity contribution in [2.75, 3.05) is 24.6 Å². The molecule has 0 bridgehead atoms. The lowest BCUT2D eigenvalue weighted by molar-refractivity contribution is -0.133. The lowest BCUT2D eigenvalue weighted by atomic mass is 10.2. The van der Waals surface area contributed by atoms with E-state index in [4.69, 9.17) is 4.74 Å². The van der Waals surface area contributed by atoms with E-state index in [9.17, 15) is 14.0 Å². The fourth-order valence-electron chi connectivity index (χ4n) is 3.15. The zero-order valence-corrected chi connectivity index (χ0v) is 17.2. The van der Waals surface area contributed by atoms with Crippen molar-refractivity contribution >= 4 is 33.4 Å². The van der Waals surface area contributed by atoms with Gasteiger partial charge < -0.3 is 14.5 Å². The summed E-state index contributed by atoms with van der Waals surface area (Å²) in [7, 11) is 0. The fourth-order valence-corrected chi connectivity index (χ4v) is 3.55. The number of carbonyl (C=O) groups excluding carboxylic acids is 2. The van der Waals surface area contributed by atoms with Crippen molar-refractivity contribution in [2.45, 2.75) is 26.3 Å². The number of rotatable bonds is 7. The third-order valence-corrected chi connectivity index (χ3v) is 5.16. The average Bonchev–Trinajstić information content (AvgIpc) is 3.13. The molecule has 0 aromatic heterocycles. The minimum Gasteiger partial charge on any atom is -0.484 e. The van der Waals surface area contributed by atoms with Crippen LogP contribution in [0.4, 0.5) is 10.1 Å². The van der Waals surface area contributed by atoms with Crippen LogP contribution in [0.25, 0.3) is 0 Å². The van der Waals surface area contributed by atoms with Crippen molar-refractivity contribution in [3.63, 3.8) is 0 Å². The molecule has 28 heavy (non-hydrogen) atoms. The molecule has 1 heterocycles. The monoisotopic (exact) mass is 448 g/mol. The van der Waals surface area contributed by atoms with Gasteiger partial charge in [0.25, 0.3) is 5.91 Å². The van der Waals surface area contributed by atoms with Gasteiger partial charge in [-0.2, -0.15) is 0 Å². The Bertz CT molecular complexity index is 874. The molecule has 0 spiro atoms. The topological polar surface area (TPSA) is 49.9 Å². The second-order valence-corrected chi connectivity index (χ2v) is 7.49. The Hall–Kier alpha value is -2.41. The molecule has 5 nitrogen and oxygen atoms in total. The van der Waals surface area contributed by atoms with Gasteiger partial charge in [0.15, 0.2) is 6.61 Å². The standard InChI is InChI=1S/C21H22BrFN2O3/c1-2-24(13-15-11-16(22)8-9-19(15)23)21(27)14-28-18-6-3-5-17(12-18)25-10-4-7-20(25)26/h3,5-6,8-9,11-12H,2,4,7,10,13-14H2,1H3. The van der Waals surface area contributed by atoms with E-state index in [-0.39, 0.29) is 30.8 Å². The first-order valence-electron chi connectivity index (χ1n) is 9.23. The Morgan fingerprint density at radius 1 is 1.29 bits per heavy atom. The minimum atomic E-state index is -0.349. The van der Waals surface area contributed by atoms with Crippen LogP contribution in [-0.4, -0.2) is 36.4 Å². The summed E-state index contributed by atoms with van der Waals surface area (Å²) >= 11 is 3.32. The molecule has 7 heteroatoms. The minimum absolute atomic E-state index is 0.0985. The first-order valence-corrected chi connectivity index (χ1v) is 10.0. The van der Waals surface area contributed by atoms with Crippen LogP contribution in [0.3, 0.4) is 0 Å². The summed E-state index contributed by atoms with van der Waals surface area (Å²) in [5.41, 5.74) is 1.22. The molecule has 2 aromatic carbocycles. The Morgan fingerprint density at radius 3 is 2.82 bits per heavy atom. The number of anilines is 1. The average molecular weight is 449 g/mol. The molecule has 0 N–H and O–H groups in total. The highest BCUT2D eigenvalue weighted by Gasteiger charge is 2.22. The predicted octanol–water partition coefficient (Wildman–Crippen LogP) is 4.14. The van der Waals surface area contributed by atoms with Crippen molar-refractivity contribution < 1.29 is 18.7 Å². The highest BCUT2D eigenvalue weighted by Crippen LogP contribution is 2.25. The van der Waals surface area contributed by atoms with Crippen LogP contribution in [0.5, 0.6) is 5.75 Å². The van der Waals surface area contributed by atoms with E-state index >= 15 is 0 Å². The van der Waals surface area contributed by atoms with Crippen LogP contribution >= 0.6 is 15.9 Å². The van der Waals surface area contributed by atoms with Crippen molar-refractivity contribution in [1.82, 2.24) is 4.90 Å². The van der Waals surface area contributed by atoms with Crippen molar-refractivity contribution in [3.05, 3.63) is 58.3 Å². The first kappa shape index (κ1) is 20.3. The summed E-state index contributed by atoms with van der Waals surface area (Å²) in [6.07, 6.45) is 1.40. The normalized spacial score (nSPS) is 13.7. The smallest absolute Gasteiger partial charge is 0.260 e. The highest BCUT2D eigenvalue weighted by molar-refractivity contribution is 9.10. The van der Waals surface area contributed by atoms with Gasteiger partial charge in [0.2, 0.25) is 5.91 Å². The maximum absolute atomic E-state index is 14.0. The van der Waals surface area contributed by atoms with Crippen LogP contribution in [-0.2, 0) is 16.1 Å². The van der Waals surface area contributed by atoms with Gasteiger partial charge in [-0.1, -0.05) is 22.0 Å². The van der Waals surface area contributed by atoms with Gasteiger partial charge in [-0.05, 0) is 43.7 Å². The van der Waals surface area contributed by atoms with Gasteiger partial charge >= 0.3 is 0 Å². The maximum atomic E-state index is 14.0. The second kappa shape index (κ2) is 9.19. The number of hydrogen-bond acceptors (Lipinski definition) is 3. The summed E-state index contributed by atoms with van der Waals surface area (Å²) in [6.45, 7) is 3.00. The molecule has 2 aromatic rings. The SMILES string of the molecule is CCN(Cc1cc(Br)ccc1F)C(=O)COc1cccc(N2CCCC2=O)c1. The van der Waals surface area contributed by atoms with E-state index < -0.39 is 0 Å². The van der Waals surface area contributed by atoms with E-state index in [2.05, 4.69) is 15.9 Å². The number of likely N-dealkylation sites (N-methyl/N-ethyl adjacent to an activating group) is 1. The van der Waals surface area contributed by atoms with Crippen molar-refractivity contribution in [3.8, 4) is 5.75 Å². The maximum Gasteiger partial charge on any atom is 0.260 e. The molecule has 1 aliphatic rings. The Balaban J connectivity index is 1.62. The largest absolute Gasteiger partial charge is 0.484 e. The lowest BCUT2D eigenvalue weighted by Crippen LogP contribution is -2.34. The van der Waals surface area contributed by atoms with Crippen molar-refractivity contribution in [1.29, 1.82) is 0 Å². The van der Waals surface area contributed by atoms with Gasteiger partial charge in [0, 0.05) is 47.8 Å². The van der Waals surface area contributed by atoms with Crippen LogP contribution in [0, 0.1) is 5.82 Å². The van der Waals surface area contributed by atoms with E-state index in [1.165, 1.54) is 6.07 Å². The quantitative estimate of drug-likeness (QED) is 0.639. The van der Waals surface area contributed by atoms with E-state index in [1.807, 2.05) is 13.0 Å².